The van der Waals surface area contributed by atoms with Gasteiger partial charge in [0.25, 0.3) is 0 Å². The Labute approximate surface area is 127 Å². The number of fused-ring (bicyclic) bond motifs is 1. The molecule has 0 fully saturated rings. The molecule has 3 aromatic rings. The molecule has 5 nitrogen and oxygen atoms in total. The molecule has 0 amide bonds. The summed E-state index contributed by atoms with van der Waals surface area (Å²) in [4.78, 5) is 14.5. The monoisotopic (exact) mass is 300 g/mol. The lowest BCUT2D eigenvalue weighted by atomic mass is 10.2. The minimum absolute atomic E-state index is 0.529. The number of rotatable bonds is 5. The van der Waals surface area contributed by atoms with Crippen LogP contribution in [-0.4, -0.2) is 29.1 Å². The summed E-state index contributed by atoms with van der Waals surface area (Å²) in [5.74, 6) is 0. The van der Waals surface area contributed by atoms with E-state index < -0.39 is 0 Å². The molecule has 3 rings (SSSR count). The SMILES string of the molecule is CNCc1sc(-c2ccc3nccnc3c2)nc1COC. The van der Waals surface area contributed by atoms with Crippen molar-refractivity contribution in [3.05, 3.63) is 41.2 Å². The number of hydrogen-bond acceptors (Lipinski definition) is 6. The van der Waals surface area contributed by atoms with Crippen LogP contribution in [0.4, 0.5) is 0 Å². The highest BCUT2D eigenvalue weighted by molar-refractivity contribution is 7.15. The van der Waals surface area contributed by atoms with Crippen LogP contribution in [0.5, 0.6) is 0 Å². The molecule has 0 spiro atoms. The summed E-state index contributed by atoms with van der Waals surface area (Å²) >= 11 is 1.68. The second-order valence-electron chi connectivity index (χ2n) is 4.61. The van der Waals surface area contributed by atoms with Crippen molar-refractivity contribution < 1.29 is 4.74 Å². The van der Waals surface area contributed by atoms with Gasteiger partial charge in [-0.25, -0.2) is 4.98 Å². The summed E-state index contributed by atoms with van der Waals surface area (Å²) in [6.07, 6.45) is 3.41. The number of benzene rings is 1. The first-order chi connectivity index (χ1) is 10.3. The van der Waals surface area contributed by atoms with E-state index in [-0.39, 0.29) is 0 Å². The van der Waals surface area contributed by atoms with Crippen molar-refractivity contribution in [1.82, 2.24) is 20.3 Å². The van der Waals surface area contributed by atoms with Crippen LogP contribution >= 0.6 is 11.3 Å². The average Bonchev–Trinajstić information content (AvgIpc) is 2.91. The largest absolute Gasteiger partial charge is 0.378 e. The summed E-state index contributed by atoms with van der Waals surface area (Å²) in [6.45, 7) is 1.32. The number of hydrogen-bond donors (Lipinski definition) is 1. The Bertz CT molecular complexity index is 733. The molecule has 0 bridgehead atoms. The molecule has 108 valence electrons. The number of aromatic nitrogens is 3. The van der Waals surface area contributed by atoms with Gasteiger partial charge in [-0.2, -0.15) is 0 Å². The molecule has 6 heteroatoms. The number of thiazole rings is 1. The molecule has 2 aromatic heterocycles. The van der Waals surface area contributed by atoms with Gasteiger partial charge in [-0.05, 0) is 25.2 Å². The van der Waals surface area contributed by atoms with Gasteiger partial charge in [-0.1, -0.05) is 0 Å². The van der Waals surface area contributed by atoms with Crippen LogP contribution in [0.15, 0.2) is 30.6 Å². The molecule has 1 aromatic carbocycles. The highest BCUT2D eigenvalue weighted by Crippen LogP contribution is 2.30. The van der Waals surface area contributed by atoms with E-state index in [1.165, 1.54) is 4.88 Å². The summed E-state index contributed by atoms with van der Waals surface area (Å²) in [5, 5.41) is 4.16. The van der Waals surface area contributed by atoms with E-state index in [0.29, 0.717) is 6.61 Å². The predicted octanol–water partition coefficient (Wildman–Crippen LogP) is 2.62. The van der Waals surface area contributed by atoms with E-state index in [4.69, 9.17) is 9.72 Å². The highest BCUT2D eigenvalue weighted by atomic mass is 32.1. The van der Waals surface area contributed by atoms with Gasteiger partial charge in [-0.15, -0.1) is 11.3 Å². The maximum Gasteiger partial charge on any atom is 0.124 e. The Morgan fingerprint density at radius 2 is 2.00 bits per heavy atom. The molecule has 0 atom stereocenters. The lowest BCUT2D eigenvalue weighted by Gasteiger charge is -1.99. The zero-order chi connectivity index (χ0) is 14.7. The van der Waals surface area contributed by atoms with E-state index in [2.05, 4.69) is 15.3 Å². The van der Waals surface area contributed by atoms with Crippen molar-refractivity contribution >= 4 is 22.4 Å². The van der Waals surface area contributed by atoms with Crippen LogP contribution in [0.3, 0.4) is 0 Å². The van der Waals surface area contributed by atoms with E-state index in [9.17, 15) is 0 Å². The summed E-state index contributed by atoms with van der Waals surface area (Å²) in [6, 6.07) is 6.04. The summed E-state index contributed by atoms with van der Waals surface area (Å²) in [7, 11) is 3.62. The first-order valence-corrected chi connectivity index (χ1v) is 7.46. The van der Waals surface area contributed by atoms with Gasteiger partial charge in [0.1, 0.15) is 5.01 Å². The van der Waals surface area contributed by atoms with Crippen molar-refractivity contribution in [3.8, 4) is 10.6 Å². The Kier molecular flexibility index (Phi) is 4.19. The standard InChI is InChI=1S/C15H16N4OS/c1-16-8-14-13(9-20-2)19-15(21-14)10-3-4-11-12(7-10)18-6-5-17-11/h3-7,16H,8-9H2,1-2H3. The molecule has 0 aliphatic rings. The Balaban J connectivity index is 2.02. The van der Waals surface area contributed by atoms with Crippen molar-refractivity contribution in [1.29, 1.82) is 0 Å². The van der Waals surface area contributed by atoms with Crippen LogP contribution in [0.25, 0.3) is 21.6 Å². The van der Waals surface area contributed by atoms with Gasteiger partial charge in [0.05, 0.1) is 23.3 Å². The van der Waals surface area contributed by atoms with Crippen molar-refractivity contribution in [2.75, 3.05) is 14.2 Å². The predicted molar refractivity (Wildman–Crippen MR) is 84.1 cm³/mol. The van der Waals surface area contributed by atoms with Gasteiger partial charge in [0, 0.05) is 36.5 Å². The molecular formula is C15H16N4OS. The first-order valence-electron chi connectivity index (χ1n) is 6.65. The second kappa shape index (κ2) is 6.26. The minimum atomic E-state index is 0.529. The van der Waals surface area contributed by atoms with Gasteiger partial charge in [0.2, 0.25) is 0 Å². The number of nitrogens with zero attached hydrogens (tertiary/aromatic N) is 3. The molecule has 21 heavy (non-hydrogen) atoms. The normalized spacial score (nSPS) is 11.1. The number of ether oxygens (including phenoxy) is 1. The maximum absolute atomic E-state index is 5.23. The third-order valence-corrected chi connectivity index (χ3v) is 4.26. The first kappa shape index (κ1) is 14.1. The number of methoxy groups -OCH3 is 1. The fraction of sp³-hybridized carbons (Fsp3) is 0.267. The average molecular weight is 300 g/mol. The fourth-order valence-electron chi connectivity index (χ4n) is 2.15. The van der Waals surface area contributed by atoms with E-state index in [1.807, 2.05) is 25.2 Å². The van der Waals surface area contributed by atoms with Crippen LogP contribution in [0.2, 0.25) is 0 Å². The smallest absolute Gasteiger partial charge is 0.124 e. The van der Waals surface area contributed by atoms with E-state index >= 15 is 0 Å². The molecule has 2 heterocycles. The Morgan fingerprint density at radius 3 is 2.76 bits per heavy atom. The van der Waals surface area contributed by atoms with Gasteiger partial charge in [-0.3, -0.25) is 9.97 Å². The lowest BCUT2D eigenvalue weighted by Crippen LogP contribution is -2.06. The zero-order valence-corrected chi connectivity index (χ0v) is 12.8. The van der Waals surface area contributed by atoms with Crippen molar-refractivity contribution in [2.24, 2.45) is 0 Å². The second-order valence-corrected chi connectivity index (χ2v) is 5.70. The molecule has 1 N–H and O–H groups in total. The molecule has 0 aliphatic heterocycles. The zero-order valence-electron chi connectivity index (χ0n) is 12.0. The van der Waals surface area contributed by atoms with E-state index in [0.717, 1.165) is 33.8 Å². The summed E-state index contributed by atoms with van der Waals surface area (Å²) < 4.78 is 5.23. The van der Waals surface area contributed by atoms with Gasteiger partial charge < -0.3 is 10.1 Å². The topological polar surface area (TPSA) is 59.9 Å². The lowest BCUT2D eigenvalue weighted by molar-refractivity contribution is 0.181. The fourth-order valence-corrected chi connectivity index (χ4v) is 3.22. The van der Waals surface area contributed by atoms with Crippen LogP contribution < -0.4 is 5.32 Å². The molecule has 0 saturated carbocycles. The van der Waals surface area contributed by atoms with Crippen molar-refractivity contribution in [2.45, 2.75) is 13.2 Å². The number of nitrogens with one attached hydrogen (secondary N) is 1. The quantitative estimate of drug-likeness (QED) is 0.785. The minimum Gasteiger partial charge on any atom is -0.378 e. The van der Waals surface area contributed by atoms with E-state index in [1.54, 1.807) is 30.8 Å². The Hall–Kier alpha value is -1.89. The van der Waals surface area contributed by atoms with Gasteiger partial charge >= 0.3 is 0 Å². The molecule has 0 saturated heterocycles. The van der Waals surface area contributed by atoms with Gasteiger partial charge in [0.15, 0.2) is 0 Å². The molecule has 0 unspecified atom stereocenters. The highest BCUT2D eigenvalue weighted by Gasteiger charge is 2.12. The summed E-state index contributed by atoms with van der Waals surface area (Å²) in [5.41, 5.74) is 3.83. The molecular weight excluding hydrogens is 284 g/mol. The van der Waals surface area contributed by atoms with Crippen molar-refractivity contribution in [3.63, 3.8) is 0 Å². The van der Waals surface area contributed by atoms with Crippen LogP contribution in [-0.2, 0) is 17.9 Å². The van der Waals surface area contributed by atoms with Crippen LogP contribution in [0.1, 0.15) is 10.6 Å². The van der Waals surface area contributed by atoms with Crippen LogP contribution in [0, 0.1) is 0 Å². The molecule has 0 aliphatic carbocycles. The third kappa shape index (κ3) is 2.92. The maximum atomic E-state index is 5.23. The third-order valence-electron chi connectivity index (χ3n) is 3.11. The molecule has 0 radical (unpaired) electrons. The Morgan fingerprint density at radius 1 is 1.19 bits per heavy atom.